The summed E-state index contributed by atoms with van der Waals surface area (Å²) >= 11 is 2.04. The van der Waals surface area contributed by atoms with Crippen molar-refractivity contribution in [2.45, 2.75) is 31.6 Å². The van der Waals surface area contributed by atoms with Crippen molar-refractivity contribution in [3.05, 3.63) is 35.4 Å². The number of thioether (sulfide) groups is 1. The van der Waals surface area contributed by atoms with Crippen LogP contribution in [-0.4, -0.2) is 41.6 Å². The monoisotopic (exact) mass is 293 g/mol. The van der Waals surface area contributed by atoms with Gasteiger partial charge in [0.2, 0.25) is 0 Å². The normalized spacial score (nSPS) is 18.8. The van der Waals surface area contributed by atoms with Gasteiger partial charge in [0, 0.05) is 30.1 Å². The summed E-state index contributed by atoms with van der Waals surface area (Å²) in [4.78, 5) is 14.0. The Balaban J connectivity index is 2.07. The van der Waals surface area contributed by atoms with Gasteiger partial charge < -0.3 is 4.74 Å². The second-order valence-electron chi connectivity index (χ2n) is 5.84. The van der Waals surface area contributed by atoms with Crippen LogP contribution in [0.3, 0.4) is 0 Å². The lowest BCUT2D eigenvalue weighted by Crippen LogP contribution is -2.42. The highest BCUT2D eigenvalue weighted by Gasteiger charge is 2.27. The molecule has 0 N–H and O–H groups in total. The molecule has 0 saturated carbocycles. The Morgan fingerprint density at radius 3 is 2.70 bits per heavy atom. The molecule has 1 aliphatic heterocycles. The zero-order valence-electron chi connectivity index (χ0n) is 12.5. The van der Waals surface area contributed by atoms with Crippen molar-refractivity contribution in [1.82, 2.24) is 4.90 Å². The number of benzene rings is 1. The van der Waals surface area contributed by atoms with Crippen molar-refractivity contribution in [2.24, 2.45) is 0 Å². The van der Waals surface area contributed by atoms with Gasteiger partial charge in [0.1, 0.15) is 0 Å². The molecule has 0 bridgehead atoms. The minimum atomic E-state index is -0.174. The average molecular weight is 293 g/mol. The first kappa shape index (κ1) is 15.4. The van der Waals surface area contributed by atoms with E-state index in [1.807, 2.05) is 30.0 Å². The Hall–Kier alpha value is -1.00. The maximum Gasteiger partial charge on any atom is 0.309 e. The lowest BCUT2D eigenvalue weighted by molar-refractivity contribution is -0.139. The Morgan fingerprint density at radius 2 is 2.05 bits per heavy atom. The molecule has 1 saturated heterocycles. The molecule has 1 aromatic rings. The summed E-state index contributed by atoms with van der Waals surface area (Å²) in [5.74, 6) is 0.999. The number of hydrogen-bond acceptors (Lipinski definition) is 4. The van der Waals surface area contributed by atoms with E-state index in [0.29, 0.717) is 11.2 Å². The predicted octanol–water partition coefficient (Wildman–Crippen LogP) is 2.73. The van der Waals surface area contributed by atoms with E-state index in [0.717, 1.165) is 25.2 Å². The van der Waals surface area contributed by atoms with Crippen molar-refractivity contribution in [2.75, 3.05) is 26.0 Å². The standard InChI is InChI=1S/C16H23NO2S/c1-16(2)12-17(8-9-20-16)11-14-7-5-4-6-13(14)10-15(18)19-3/h4-7H,8-12H2,1-3H3. The molecule has 0 unspecified atom stereocenters. The largest absolute Gasteiger partial charge is 0.469 e. The molecule has 2 rings (SSSR count). The molecule has 0 atom stereocenters. The SMILES string of the molecule is COC(=O)Cc1ccccc1CN1CCSC(C)(C)C1. The number of carbonyl (C=O) groups is 1. The highest BCUT2D eigenvalue weighted by atomic mass is 32.2. The van der Waals surface area contributed by atoms with E-state index in [1.54, 1.807) is 0 Å². The van der Waals surface area contributed by atoms with Gasteiger partial charge in [0.25, 0.3) is 0 Å². The highest BCUT2D eigenvalue weighted by Crippen LogP contribution is 2.30. The number of esters is 1. The van der Waals surface area contributed by atoms with Crippen LogP contribution in [0, 0.1) is 0 Å². The molecule has 0 radical (unpaired) electrons. The van der Waals surface area contributed by atoms with Crippen LogP contribution in [0.4, 0.5) is 0 Å². The van der Waals surface area contributed by atoms with E-state index in [9.17, 15) is 4.79 Å². The molecule has 4 heteroatoms. The molecular formula is C16H23NO2S. The highest BCUT2D eigenvalue weighted by molar-refractivity contribution is 8.00. The van der Waals surface area contributed by atoms with E-state index in [4.69, 9.17) is 4.74 Å². The third kappa shape index (κ3) is 4.25. The second-order valence-corrected chi connectivity index (χ2v) is 7.64. The number of rotatable bonds is 4. The summed E-state index contributed by atoms with van der Waals surface area (Å²) in [6, 6.07) is 8.17. The van der Waals surface area contributed by atoms with Gasteiger partial charge in [-0.3, -0.25) is 9.69 Å². The topological polar surface area (TPSA) is 29.5 Å². The molecule has 1 aliphatic rings. The Labute approximate surface area is 125 Å². The third-order valence-corrected chi connectivity index (χ3v) is 4.88. The fourth-order valence-electron chi connectivity index (χ4n) is 2.60. The van der Waals surface area contributed by atoms with Crippen molar-refractivity contribution < 1.29 is 9.53 Å². The fraction of sp³-hybridized carbons (Fsp3) is 0.562. The Bertz CT molecular complexity index is 473. The van der Waals surface area contributed by atoms with Gasteiger partial charge in [-0.15, -0.1) is 0 Å². The molecule has 1 aromatic carbocycles. The van der Waals surface area contributed by atoms with Gasteiger partial charge in [-0.25, -0.2) is 0 Å². The molecule has 1 fully saturated rings. The van der Waals surface area contributed by atoms with Crippen molar-refractivity contribution >= 4 is 17.7 Å². The van der Waals surface area contributed by atoms with Crippen LogP contribution in [0.5, 0.6) is 0 Å². The molecule has 1 heterocycles. The first-order chi connectivity index (χ1) is 9.50. The van der Waals surface area contributed by atoms with E-state index in [-0.39, 0.29) is 5.97 Å². The number of methoxy groups -OCH3 is 1. The summed E-state index contributed by atoms with van der Waals surface area (Å²) in [5, 5.41) is 0. The molecule has 0 aliphatic carbocycles. The molecule has 0 spiro atoms. The average Bonchev–Trinajstić information content (AvgIpc) is 2.39. The van der Waals surface area contributed by atoms with Crippen LogP contribution in [0.25, 0.3) is 0 Å². The lowest BCUT2D eigenvalue weighted by Gasteiger charge is -2.37. The van der Waals surface area contributed by atoms with Crippen molar-refractivity contribution in [1.29, 1.82) is 0 Å². The molecule has 3 nitrogen and oxygen atoms in total. The van der Waals surface area contributed by atoms with Crippen LogP contribution in [0.2, 0.25) is 0 Å². The number of ether oxygens (including phenoxy) is 1. The zero-order chi connectivity index (χ0) is 14.6. The van der Waals surface area contributed by atoms with E-state index in [2.05, 4.69) is 24.8 Å². The van der Waals surface area contributed by atoms with E-state index in [1.165, 1.54) is 18.4 Å². The zero-order valence-corrected chi connectivity index (χ0v) is 13.3. The second kappa shape index (κ2) is 6.64. The fourth-order valence-corrected chi connectivity index (χ4v) is 3.78. The van der Waals surface area contributed by atoms with Crippen molar-refractivity contribution in [3.63, 3.8) is 0 Å². The van der Waals surface area contributed by atoms with Crippen LogP contribution in [0.15, 0.2) is 24.3 Å². The molecular weight excluding hydrogens is 270 g/mol. The lowest BCUT2D eigenvalue weighted by atomic mass is 10.0. The number of hydrogen-bond donors (Lipinski definition) is 0. The van der Waals surface area contributed by atoms with Crippen molar-refractivity contribution in [3.8, 4) is 0 Å². The molecule has 20 heavy (non-hydrogen) atoms. The number of carbonyl (C=O) groups excluding carboxylic acids is 1. The van der Waals surface area contributed by atoms with Gasteiger partial charge in [0.05, 0.1) is 13.5 Å². The van der Waals surface area contributed by atoms with Crippen LogP contribution < -0.4 is 0 Å². The summed E-state index contributed by atoms with van der Waals surface area (Å²) in [7, 11) is 1.44. The minimum Gasteiger partial charge on any atom is -0.469 e. The molecule has 110 valence electrons. The maximum absolute atomic E-state index is 11.5. The summed E-state index contributed by atoms with van der Waals surface area (Å²) in [5.41, 5.74) is 2.32. The predicted molar refractivity (Wildman–Crippen MR) is 84.0 cm³/mol. The summed E-state index contributed by atoms with van der Waals surface area (Å²) in [6.07, 6.45) is 0.360. The first-order valence-electron chi connectivity index (χ1n) is 7.00. The van der Waals surface area contributed by atoms with E-state index < -0.39 is 0 Å². The Morgan fingerprint density at radius 1 is 1.35 bits per heavy atom. The van der Waals surface area contributed by atoms with Crippen LogP contribution in [0.1, 0.15) is 25.0 Å². The van der Waals surface area contributed by atoms with Gasteiger partial charge in [-0.1, -0.05) is 24.3 Å². The van der Waals surface area contributed by atoms with Crippen LogP contribution >= 0.6 is 11.8 Å². The quantitative estimate of drug-likeness (QED) is 0.798. The molecule has 0 aromatic heterocycles. The summed E-state index contributed by atoms with van der Waals surface area (Å²) in [6.45, 7) is 7.70. The Kier molecular flexibility index (Phi) is 5.11. The maximum atomic E-state index is 11.5. The first-order valence-corrected chi connectivity index (χ1v) is 7.99. The summed E-state index contributed by atoms with van der Waals surface area (Å²) < 4.78 is 5.09. The molecule has 0 amide bonds. The van der Waals surface area contributed by atoms with Gasteiger partial charge in [-0.2, -0.15) is 11.8 Å². The van der Waals surface area contributed by atoms with E-state index >= 15 is 0 Å². The van der Waals surface area contributed by atoms with Gasteiger partial charge in [0.15, 0.2) is 0 Å². The minimum absolute atomic E-state index is 0.174. The van der Waals surface area contributed by atoms with Gasteiger partial charge in [-0.05, 0) is 25.0 Å². The third-order valence-electron chi connectivity index (χ3n) is 3.58. The van der Waals surface area contributed by atoms with Crippen LogP contribution in [-0.2, 0) is 22.5 Å². The smallest absolute Gasteiger partial charge is 0.309 e. The number of nitrogens with zero attached hydrogens (tertiary/aromatic N) is 1. The van der Waals surface area contributed by atoms with Gasteiger partial charge >= 0.3 is 5.97 Å².